The molecule has 0 saturated heterocycles. The van der Waals surface area contributed by atoms with Crippen LogP contribution in [-0.4, -0.2) is 7.11 Å². The van der Waals surface area contributed by atoms with Crippen molar-refractivity contribution in [3.05, 3.63) is 47.9 Å². The molecule has 0 atom stereocenters. The molecule has 4 heteroatoms. The third kappa shape index (κ3) is 2.60. The Morgan fingerprint density at radius 2 is 2.00 bits per heavy atom. The molecule has 2 rings (SSSR count). The maximum atomic E-state index is 5.87. The number of rotatable bonds is 4. The molecule has 0 bridgehead atoms. The molecule has 0 amide bonds. The van der Waals surface area contributed by atoms with Gasteiger partial charge in [0.15, 0.2) is 0 Å². The predicted molar refractivity (Wildman–Crippen MR) is 71.3 cm³/mol. The monoisotopic (exact) mass is 247 g/mol. The molecule has 0 radical (unpaired) electrons. The summed E-state index contributed by atoms with van der Waals surface area (Å²) in [6, 6.07) is 11.3. The maximum absolute atomic E-state index is 5.87. The van der Waals surface area contributed by atoms with Gasteiger partial charge in [-0.05, 0) is 18.2 Å². The highest BCUT2D eigenvalue weighted by Crippen LogP contribution is 2.38. The van der Waals surface area contributed by atoms with Crippen LogP contribution in [-0.2, 0) is 4.74 Å². The van der Waals surface area contributed by atoms with E-state index in [1.165, 1.54) is 11.3 Å². The van der Waals surface area contributed by atoms with Crippen molar-refractivity contribution < 1.29 is 9.47 Å². The minimum Gasteiger partial charge on any atom is -0.496 e. The van der Waals surface area contributed by atoms with E-state index in [-0.39, 0.29) is 0 Å². The first kappa shape index (κ1) is 11.5. The second kappa shape index (κ2) is 4.93. The van der Waals surface area contributed by atoms with Gasteiger partial charge in [0, 0.05) is 0 Å². The van der Waals surface area contributed by atoms with Crippen LogP contribution in [0.2, 0.25) is 0 Å². The summed E-state index contributed by atoms with van der Waals surface area (Å²) in [4.78, 5) is 0.871. The second-order valence-corrected chi connectivity index (χ2v) is 4.41. The first-order valence-electron chi connectivity index (χ1n) is 5.06. The summed E-state index contributed by atoms with van der Waals surface area (Å²) in [7, 11) is 1.58. The molecule has 0 saturated carbocycles. The van der Waals surface area contributed by atoms with Gasteiger partial charge in [0.2, 0.25) is 5.06 Å². The molecule has 1 aromatic heterocycles. The van der Waals surface area contributed by atoms with Crippen LogP contribution in [0.1, 0.15) is 4.88 Å². The standard InChI is InChI=1S/C13H13NO2S/c1-9(15-2)12-8-11(14)13(17-12)16-10-6-4-3-5-7-10/h3-8H,1,14H2,2H3. The van der Waals surface area contributed by atoms with Crippen LogP contribution < -0.4 is 10.5 Å². The number of hydrogen-bond acceptors (Lipinski definition) is 4. The Morgan fingerprint density at radius 1 is 1.29 bits per heavy atom. The second-order valence-electron chi connectivity index (χ2n) is 3.40. The Labute approximate surface area is 104 Å². The minimum atomic E-state index is 0.588. The van der Waals surface area contributed by atoms with Crippen molar-refractivity contribution in [2.24, 2.45) is 0 Å². The molecule has 88 valence electrons. The minimum absolute atomic E-state index is 0.588. The molecule has 1 heterocycles. The molecule has 17 heavy (non-hydrogen) atoms. The third-order valence-corrected chi connectivity index (χ3v) is 3.27. The van der Waals surface area contributed by atoms with E-state index in [2.05, 4.69) is 6.58 Å². The third-order valence-electron chi connectivity index (χ3n) is 2.20. The lowest BCUT2D eigenvalue weighted by molar-refractivity contribution is 0.372. The van der Waals surface area contributed by atoms with Crippen LogP contribution in [0.3, 0.4) is 0 Å². The van der Waals surface area contributed by atoms with Crippen LogP contribution in [0.25, 0.3) is 5.76 Å². The highest BCUT2D eigenvalue weighted by molar-refractivity contribution is 7.15. The van der Waals surface area contributed by atoms with Crippen molar-refractivity contribution in [3.63, 3.8) is 0 Å². The Bertz CT molecular complexity index is 519. The summed E-state index contributed by atoms with van der Waals surface area (Å²) < 4.78 is 10.7. The number of nitrogen functional groups attached to an aromatic ring is 1. The van der Waals surface area contributed by atoms with E-state index in [0.29, 0.717) is 16.5 Å². The molecular weight excluding hydrogens is 234 g/mol. The number of thiophene rings is 1. The molecular formula is C13H13NO2S. The van der Waals surface area contributed by atoms with Crippen molar-refractivity contribution in [3.8, 4) is 10.8 Å². The molecule has 3 nitrogen and oxygen atoms in total. The quantitative estimate of drug-likeness (QED) is 0.837. The summed E-state index contributed by atoms with van der Waals surface area (Å²) in [6.07, 6.45) is 0. The average Bonchev–Trinajstić information content (AvgIpc) is 2.71. The van der Waals surface area contributed by atoms with Crippen LogP contribution in [0.4, 0.5) is 5.69 Å². The SMILES string of the molecule is C=C(OC)c1cc(N)c(Oc2ccccc2)s1. The van der Waals surface area contributed by atoms with E-state index >= 15 is 0 Å². The smallest absolute Gasteiger partial charge is 0.204 e. The van der Waals surface area contributed by atoms with Crippen LogP contribution in [0.15, 0.2) is 43.0 Å². The van der Waals surface area contributed by atoms with Crippen LogP contribution in [0, 0.1) is 0 Å². The van der Waals surface area contributed by atoms with Gasteiger partial charge in [-0.25, -0.2) is 0 Å². The van der Waals surface area contributed by atoms with Gasteiger partial charge in [0.1, 0.15) is 11.5 Å². The molecule has 0 aliphatic heterocycles. The predicted octanol–water partition coefficient (Wildman–Crippen LogP) is 3.74. The lowest BCUT2D eigenvalue weighted by atomic mass is 10.3. The lowest BCUT2D eigenvalue weighted by Crippen LogP contribution is -1.86. The van der Waals surface area contributed by atoms with E-state index in [9.17, 15) is 0 Å². The zero-order valence-corrected chi connectivity index (χ0v) is 10.3. The largest absolute Gasteiger partial charge is 0.496 e. The average molecular weight is 247 g/mol. The van der Waals surface area contributed by atoms with E-state index in [1.807, 2.05) is 30.3 Å². The molecule has 0 unspecified atom stereocenters. The first-order chi connectivity index (χ1) is 8.20. The number of benzene rings is 1. The van der Waals surface area contributed by atoms with Gasteiger partial charge in [-0.15, -0.1) is 0 Å². The summed E-state index contributed by atoms with van der Waals surface area (Å²) >= 11 is 1.42. The molecule has 2 aromatic rings. The zero-order chi connectivity index (χ0) is 12.3. The zero-order valence-electron chi connectivity index (χ0n) is 9.47. The van der Waals surface area contributed by atoms with E-state index in [1.54, 1.807) is 13.2 Å². The fourth-order valence-electron chi connectivity index (χ4n) is 1.30. The highest BCUT2D eigenvalue weighted by Gasteiger charge is 2.11. The van der Waals surface area contributed by atoms with Crippen LogP contribution >= 0.6 is 11.3 Å². The first-order valence-corrected chi connectivity index (χ1v) is 5.88. The fraction of sp³-hybridized carbons (Fsp3) is 0.0769. The normalized spacial score (nSPS) is 9.94. The number of nitrogens with two attached hydrogens (primary N) is 1. The number of hydrogen-bond donors (Lipinski definition) is 1. The molecule has 0 fully saturated rings. The van der Waals surface area contributed by atoms with Gasteiger partial charge in [-0.3, -0.25) is 0 Å². The van der Waals surface area contributed by atoms with Gasteiger partial charge in [0.05, 0.1) is 17.7 Å². The summed E-state index contributed by atoms with van der Waals surface area (Å²) in [5.41, 5.74) is 6.46. The van der Waals surface area contributed by atoms with Crippen molar-refractivity contribution in [2.45, 2.75) is 0 Å². The van der Waals surface area contributed by atoms with Gasteiger partial charge in [0.25, 0.3) is 0 Å². The number of methoxy groups -OCH3 is 1. The highest BCUT2D eigenvalue weighted by atomic mass is 32.1. The fourth-order valence-corrected chi connectivity index (χ4v) is 2.20. The van der Waals surface area contributed by atoms with E-state index < -0.39 is 0 Å². The Morgan fingerprint density at radius 3 is 2.65 bits per heavy atom. The number of anilines is 1. The molecule has 1 aromatic carbocycles. The van der Waals surface area contributed by atoms with Gasteiger partial charge in [-0.1, -0.05) is 36.1 Å². The summed E-state index contributed by atoms with van der Waals surface area (Å²) in [5, 5.41) is 0.657. The van der Waals surface area contributed by atoms with E-state index in [4.69, 9.17) is 15.2 Å². The van der Waals surface area contributed by atoms with Crippen molar-refractivity contribution >= 4 is 22.8 Å². The number of ether oxygens (including phenoxy) is 2. The molecule has 0 aliphatic carbocycles. The molecule has 0 aliphatic rings. The topological polar surface area (TPSA) is 44.5 Å². The number of para-hydroxylation sites is 1. The Kier molecular flexibility index (Phi) is 3.35. The van der Waals surface area contributed by atoms with Gasteiger partial charge in [-0.2, -0.15) is 0 Å². The molecule has 2 N–H and O–H groups in total. The summed E-state index contributed by atoms with van der Waals surface area (Å²) in [5.74, 6) is 1.35. The maximum Gasteiger partial charge on any atom is 0.204 e. The van der Waals surface area contributed by atoms with Crippen molar-refractivity contribution in [1.29, 1.82) is 0 Å². The van der Waals surface area contributed by atoms with Crippen molar-refractivity contribution in [2.75, 3.05) is 12.8 Å². The molecule has 0 spiro atoms. The van der Waals surface area contributed by atoms with E-state index in [0.717, 1.165) is 10.6 Å². The van der Waals surface area contributed by atoms with Crippen LogP contribution in [0.5, 0.6) is 10.8 Å². The lowest BCUT2D eigenvalue weighted by Gasteiger charge is -2.03. The van der Waals surface area contributed by atoms with Gasteiger partial charge >= 0.3 is 0 Å². The Hall–Kier alpha value is -1.94. The Balaban J connectivity index is 2.22. The van der Waals surface area contributed by atoms with Gasteiger partial charge < -0.3 is 15.2 Å². The van der Waals surface area contributed by atoms with Crippen molar-refractivity contribution in [1.82, 2.24) is 0 Å². The summed E-state index contributed by atoms with van der Waals surface area (Å²) in [6.45, 7) is 3.78.